The van der Waals surface area contributed by atoms with Crippen LogP contribution in [0.4, 0.5) is 0 Å². The molecular formula is C26H19N3. The zero-order valence-corrected chi connectivity index (χ0v) is 15.8. The molecule has 0 aliphatic heterocycles. The lowest BCUT2D eigenvalue weighted by Gasteiger charge is -2.04. The second-order valence-electron chi connectivity index (χ2n) is 6.87. The number of benzene rings is 4. The molecule has 0 saturated carbocycles. The lowest BCUT2D eigenvalue weighted by molar-refractivity contribution is 0.882. The van der Waals surface area contributed by atoms with Gasteiger partial charge >= 0.3 is 0 Å². The standard InChI is InChI=1S/C26H19N3/c1-3-7-20(8-4-1)22-11-13-24(14-12-22)26-27-19-29(28-26)25-17-15-23(16-18-25)21-9-5-2-6-10-21/h1-19H. The number of hydrogen-bond donors (Lipinski definition) is 0. The largest absolute Gasteiger partial charge is 0.220 e. The zero-order chi connectivity index (χ0) is 19.5. The Balaban J connectivity index is 1.38. The first-order valence-electron chi connectivity index (χ1n) is 9.60. The van der Waals surface area contributed by atoms with Crippen LogP contribution in [0.1, 0.15) is 0 Å². The van der Waals surface area contributed by atoms with Crippen LogP contribution in [0.15, 0.2) is 116 Å². The molecule has 0 unspecified atom stereocenters. The molecule has 1 heterocycles. The van der Waals surface area contributed by atoms with Crippen LogP contribution in [0.3, 0.4) is 0 Å². The van der Waals surface area contributed by atoms with Gasteiger partial charge in [-0.2, -0.15) is 0 Å². The van der Waals surface area contributed by atoms with E-state index in [1.54, 1.807) is 6.33 Å². The van der Waals surface area contributed by atoms with Crippen LogP contribution in [0.2, 0.25) is 0 Å². The van der Waals surface area contributed by atoms with E-state index in [0.717, 1.165) is 17.1 Å². The summed E-state index contributed by atoms with van der Waals surface area (Å²) in [5.41, 5.74) is 6.78. The molecule has 0 saturated heterocycles. The van der Waals surface area contributed by atoms with E-state index in [0.29, 0.717) is 0 Å². The summed E-state index contributed by atoms with van der Waals surface area (Å²) in [5, 5.41) is 4.66. The Morgan fingerprint density at radius 2 is 0.897 bits per heavy atom. The molecule has 0 fully saturated rings. The normalized spacial score (nSPS) is 10.8. The minimum absolute atomic E-state index is 0.719. The molecule has 138 valence electrons. The maximum Gasteiger partial charge on any atom is 0.181 e. The van der Waals surface area contributed by atoms with Crippen LogP contribution in [0.5, 0.6) is 0 Å². The van der Waals surface area contributed by atoms with Crippen molar-refractivity contribution in [3.8, 4) is 39.3 Å². The van der Waals surface area contributed by atoms with Gasteiger partial charge in [-0.3, -0.25) is 0 Å². The summed E-state index contributed by atoms with van der Waals surface area (Å²) in [6, 6.07) is 37.4. The summed E-state index contributed by atoms with van der Waals surface area (Å²) in [5.74, 6) is 0.719. The van der Waals surface area contributed by atoms with E-state index in [4.69, 9.17) is 0 Å². The molecule has 4 aromatic carbocycles. The van der Waals surface area contributed by atoms with Gasteiger partial charge in [-0.25, -0.2) is 9.67 Å². The van der Waals surface area contributed by atoms with Crippen LogP contribution in [0, 0.1) is 0 Å². The Morgan fingerprint density at radius 1 is 0.448 bits per heavy atom. The van der Waals surface area contributed by atoms with E-state index >= 15 is 0 Å². The van der Waals surface area contributed by atoms with Crippen LogP contribution >= 0.6 is 0 Å². The second-order valence-corrected chi connectivity index (χ2v) is 6.87. The molecule has 0 radical (unpaired) electrons. The fourth-order valence-corrected chi connectivity index (χ4v) is 3.40. The zero-order valence-electron chi connectivity index (χ0n) is 15.8. The van der Waals surface area contributed by atoms with E-state index in [1.165, 1.54) is 22.3 Å². The molecule has 5 aromatic rings. The smallest absolute Gasteiger partial charge is 0.181 e. The van der Waals surface area contributed by atoms with Crippen molar-refractivity contribution in [1.82, 2.24) is 14.8 Å². The first-order valence-corrected chi connectivity index (χ1v) is 9.60. The van der Waals surface area contributed by atoms with Gasteiger partial charge in [0.15, 0.2) is 5.82 Å². The fraction of sp³-hybridized carbons (Fsp3) is 0. The monoisotopic (exact) mass is 373 g/mol. The summed E-state index contributed by atoms with van der Waals surface area (Å²) < 4.78 is 1.81. The van der Waals surface area contributed by atoms with Crippen molar-refractivity contribution >= 4 is 0 Å². The van der Waals surface area contributed by atoms with Gasteiger partial charge in [0.2, 0.25) is 0 Å². The SMILES string of the molecule is c1ccc(-c2ccc(-c3ncn(-c4ccc(-c5ccccc5)cc4)n3)cc2)cc1. The van der Waals surface area contributed by atoms with E-state index in [-0.39, 0.29) is 0 Å². The maximum atomic E-state index is 4.66. The fourth-order valence-electron chi connectivity index (χ4n) is 3.40. The predicted octanol–water partition coefficient (Wildman–Crippen LogP) is 6.27. The van der Waals surface area contributed by atoms with Gasteiger partial charge in [-0.15, -0.1) is 5.10 Å². The van der Waals surface area contributed by atoms with Crippen molar-refractivity contribution in [3.63, 3.8) is 0 Å². The molecule has 0 N–H and O–H groups in total. The summed E-state index contributed by atoms with van der Waals surface area (Å²) in [6.45, 7) is 0. The summed E-state index contributed by atoms with van der Waals surface area (Å²) in [7, 11) is 0. The molecule has 0 spiro atoms. The second kappa shape index (κ2) is 7.56. The Labute approximate surface area is 169 Å². The van der Waals surface area contributed by atoms with Crippen LogP contribution in [0.25, 0.3) is 39.3 Å². The number of nitrogens with zero attached hydrogens (tertiary/aromatic N) is 3. The van der Waals surface area contributed by atoms with Gasteiger partial charge in [0.1, 0.15) is 6.33 Å². The number of rotatable bonds is 4. The van der Waals surface area contributed by atoms with Gasteiger partial charge in [0, 0.05) is 5.56 Å². The Morgan fingerprint density at radius 3 is 1.45 bits per heavy atom. The molecule has 0 amide bonds. The van der Waals surface area contributed by atoms with Crippen LogP contribution in [-0.2, 0) is 0 Å². The topological polar surface area (TPSA) is 30.7 Å². The Bertz CT molecular complexity index is 1110. The Hall–Kier alpha value is -3.98. The highest BCUT2D eigenvalue weighted by Gasteiger charge is 2.07. The van der Waals surface area contributed by atoms with Crippen LogP contribution in [-0.4, -0.2) is 14.8 Å². The third-order valence-electron chi connectivity index (χ3n) is 4.98. The Kier molecular flexibility index (Phi) is 4.47. The van der Waals surface area contributed by atoms with Crippen molar-refractivity contribution in [2.24, 2.45) is 0 Å². The average molecular weight is 373 g/mol. The molecular weight excluding hydrogens is 354 g/mol. The number of aromatic nitrogens is 3. The van der Waals surface area contributed by atoms with Crippen molar-refractivity contribution in [2.75, 3.05) is 0 Å². The van der Waals surface area contributed by atoms with Gasteiger partial charge in [0.05, 0.1) is 5.69 Å². The highest BCUT2D eigenvalue weighted by atomic mass is 15.3. The van der Waals surface area contributed by atoms with E-state index in [1.807, 2.05) is 16.8 Å². The molecule has 1 aromatic heterocycles. The van der Waals surface area contributed by atoms with Crippen molar-refractivity contribution in [3.05, 3.63) is 116 Å². The molecule has 0 atom stereocenters. The van der Waals surface area contributed by atoms with Gasteiger partial charge in [0.25, 0.3) is 0 Å². The van der Waals surface area contributed by atoms with Crippen molar-refractivity contribution < 1.29 is 0 Å². The van der Waals surface area contributed by atoms with Crippen molar-refractivity contribution in [1.29, 1.82) is 0 Å². The molecule has 0 bridgehead atoms. The minimum Gasteiger partial charge on any atom is -0.220 e. The highest BCUT2D eigenvalue weighted by molar-refractivity contribution is 5.68. The molecule has 29 heavy (non-hydrogen) atoms. The van der Waals surface area contributed by atoms with Crippen LogP contribution < -0.4 is 0 Å². The summed E-state index contributed by atoms with van der Waals surface area (Å²) in [4.78, 5) is 4.50. The molecule has 3 heteroatoms. The molecule has 3 nitrogen and oxygen atoms in total. The van der Waals surface area contributed by atoms with E-state index in [2.05, 4.69) is 107 Å². The highest BCUT2D eigenvalue weighted by Crippen LogP contribution is 2.24. The minimum atomic E-state index is 0.719. The first kappa shape index (κ1) is 17.1. The quantitative estimate of drug-likeness (QED) is 0.372. The first-order chi connectivity index (χ1) is 14.4. The predicted molar refractivity (Wildman–Crippen MR) is 118 cm³/mol. The molecule has 0 aliphatic rings. The van der Waals surface area contributed by atoms with Gasteiger partial charge < -0.3 is 0 Å². The number of hydrogen-bond acceptors (Lipinski definition) is 2. The molecule has 0 aliphatic carbocycles. The van der Waals surface area contributed by atoms with E-state index < -0.39 is 0 Å². The van der Waals surface area contributed by atoms with Gasteiger partial charge in [-0.05, 0) is 34.4 Å². The maximum absolute atomic E-state index is 4.66. The van der Waals surface area contributed by atoms with E-state index in [9.17, 15) is 0 Å². The van der Waals surface area contributed by atoms with Crippen molar-refractivity contribution in [2.45, 2.75) is 0 Å². The average Bonchev–Trinajstić information content (AvgIpc) is 3.31. The summed E-state index contributed by atoms with van der Waals surface area (Å²) >= 11 is 0. The van der Waals surface area contributed by atoms with Gasteiger partial charge in [-0.1, -0.05) is 97.1 Å². The summed E-state index contributed by atoms with van der Waals surface area (Å²) in [6.07, 6.45) is 1.76. The third-order valence-corrected chi connectivity index (χ3v) is 4.98. The lowest BCUT2D eigenvalue weighted by atomic mass is 10.0. The molecule has 5 rings (SSSR count). The lowest BCUT2D eigenvalue weighted by Crippen LogP contribution is -1.94. The third kappa shape index (κ3) is 3.58.